The van der Waals surface area contributed by atoms with Gasteiger partial charge in [-0.2, -0.15) is 0 Å². The van der Waals surface area contributed by atoms with E-state index in [1.165, 1.54) is 20.3 Å². The maximum atomic E-state index is 12.7. The van der Waals surface area contributed by atoms with Gasteiger partial charge in [0.15, 0.2) is 11.6 Å². The summed E-state index contributed by atoms with van der Waals surface area (Å²) >= 11 is -2.82. The van der Waals surface area contributed by atoms with E-state index in [4.69, 9.17) is 9.47 Å². The smallest absolute Gasteiger partial charge is 0.225 e. The monoisotopic (exact) mass is 574 g/mol. The fourth-order valence-corrected chi connectivity index (χ4v) is 5.32. The molecule has 1 aliphatic carbocycles. The summed E-state index contributed by atoms with van der Waals surface area (Å²) < 4.78 is 37.1. The largest absolute Gasteiger partial charge is 0.755 e. The Morgan fingerprint density at radius 1 is 1.00 bits per heavy atom. The van der Waals surface area contributed by atoms with Crippen molar-refractivity contribution in [3.8, 4) is 11.5 Å². The highest BCUT2D eigenvalue weighted by atomic mass is 32.2. The summed E-state index contributed by atoms with van der Waals surface area (Å²) in [4.78, 5) is 33.9. The van der Waals surface area contributed by atoms with Crippen LogP contribution in [-0.2, 0) is 20.9 Å². The third kappa shape index (κ3) is 6.44. The number of ketones is 1. The lowest BCUT2D eigenvalue weighted by Crippen LogP contribution is -2.23. The number of carbonyl (C=O) groups is 2. The molecule has 0 spiro atoms. The van der Waals surface area contributed by atoms with Gasteiger partial charge in [0.05, 0.1) is 42.2 Å². The van der Waals surface area contributed by atoms with E-state index in [0.717, 1.165) is 10.7 Å². The second kappa shape index (κ2) is 12.3. The maximum absolute atomic E-state index is 12.7. The highest BCUT2D eigenvalue weighted by molar-refractivity contribution is 7.81. The number of aromatic nitrogens is 2. The molecule has 1 fully saturated rings. The molecule has 0 bridgehead atoms. The fraction of sp³-hybridized carbons (Fsp3) is 0.241. The minimum absolute atomic E-state index is 0.0128. The Kier molecular flexibility index (Phi) is 8.41. The van der Waals surface area contributed by atoms with E-state index in [2.05, 4.69) is 20.6 Å². The van der Waals surface area contributed by atoms with Gasteiger partial charge in [-0.15, -0.1) is 0 Å². The van der Waals surface area contributed by atoms with Crippen LogP contribution < -0.4 is 24.4 Å². The molecule has 1 aromatic heterocycles. The molecule has 0 aliphatic heterocycles. The molecule has 0 radical (unpaired) electrons. The highest BCUT2D eigenvalue weighted by Gasteiger charge is 2.27. The van der Waals surface area contributed by atoms with Gasteiger partial charge in [0, 0.05) is 48.3 Å². The van der Waals surface area contributed by atoms with E-state index < -0.39 is 11.3 Å². The fourth-order valence-electron chi connectivity index (χ4n) is 4.76. The van der Waals surface area contributed by atoms with Gasteiger partial charge in [0.1, 0.15) is 17.3 Å². The second-order valence-corrected chi connectivity index (χ2v) is 10.3. The SMILES string of the molecule is COc1cc(Nc2nc3ccccc3nc2N(c2cccc(NC(=O)CC3CCCC3=O)c2)S(=O)[O-])cc(OC)c1. The van der Waals surface area contributed by atoms with Crippen molar-refractivity contribution in [1.29, 1.82) is 0 Å². The lowest BCUT2D eigenvalue weighted by Gasteiger charge is -2.27. The number of nitrogens with one attached hydrogen (secondary N) is 2. The van der Waals surface area contributed by atoms with Crippen LogP contribution in [0.4, 0.5) is 28.7 Å². The van der Waals surface area contributed by atoms with Crippen LogP contribution in [0.1, 0.15) is 25.7 Å². The van der Waals surface area contributed by atoms with Crippen LogP contribution in [0, 0.1) is 5.92 Å². The average Bonchev–Trinajstić information content (AvgIpc) is 3.36. The molecule has 1 heterocycles. The van der Waals surface area contributed by atoms with E-state index in [1.54, 1.807) is 54.6 Å². The summed E-state index contributed by atoms with van der Waals surface area (Å²) in [5.74, 6) is 0.738. The van der Waals surface area contributed by atoms with Gasteiger partial charge in [0.2, 0.25) is 5.91 Å². The molecule has 2 unspecified atom stereocenters. The zero-order valence-corrected chi connectivity index (χ0v) is 23.3. The zero-order valence-electron chi connectivity index (χ0n) is 22.5. The first-order chi connectivity index (χ1) is 19.8. The molecule has 0 saturated heterocycles. The van der Waals surface area contributed by atoms with Crippen LogP contribution in [0.3, 0.4) is 0 Å². The molecule has 41 heavy (non-hydrogen) atoms. The number of carbonyl (C=O) groups excluding carboxylic acids is 2. The molecule has 212 valence electrons. The van der Waals surface area contributed by atoms with Crippen molar-refractivity contribution in [3.63, 3.8) is 0 Å². The van der Waals surface area contributed by atoms with Crippen LogP contribution in [0.25, 0.3) is 11.0 Å². The Labute approximate surface area is 239 Å². The summed E-state index contributed by atoms with van der Waals surface area (Å²) in [5.41, 5.74) is 2.18. The van der Waals surface area contributed by atoms with Crippen molar-refractivity contribution in [2.24, 2.45) is 5.92 Å². The lowest BCUT2D eigenvalue weighted by atomic mass is 10.0. The summed E-state index contributed by atoms with van der Waals surface area (Å²) in [5, 5.41) is 5.95. The first kappa shape index (κ1) is 28.0. The van der Waals surface area contributed by atoms with E-state index in [9.17, 15) is 18.4 Å². The number of rotatable bonds is 10. The molecule has 2 N–H and O–H groups in total. The standard InChI is InChI=1S/C29H29N5O6S/c1-39-22-15-20(16-23(17-22)40-2)31-28-29(33-25-11-4-3-10-24(25)32-28)34(41(37)38)21-9-6-8-19(14-21)30-27(36)13-18-7-5-12-26(18)35/h3-4,6,8-11,14-18H,5,7,12-13H2,1-2H3,(H,30,36)(H,31,32)(H,37,38)/p-1. The topological polar surface area (TPSA) is 146 Å². The molecule has 1 amide bonds. The summed E-state index contributed by atoms with van der Waals surface area (Å²) in [7, 11) is 3.05. The van der Waals surface area contributed by atoms with Crippen molar-refractivity contribution in [1.82, 2.24) is 9.97 Å². The van der Waals surface area contributed by atoms with Gasteiger partial charge in [-0.05, 0) is 43.2 Å². The Morgan fingerprint density at radius 2 is 1.71 bits per heavy atom. The number of hydrogen-bond donors (Lipinski definition) is 2. The highest BCUT2D eigenvalue weighted by Crippen LogP contribution is 2.36. The van der Waals surface area contributed by atoms with E-state index in [0.29, 0.717) is 46.7 Å². The number of ether oxygens (including phenoxy) is 2. The Balaban J connectivity index is 1.52. The van der Waals surface area contributed by atoms with E-state index >= 15 is 0 Å². The summed E-state index contributed by atoms with van der Waals surface area (Å²) in [6.07, 6.45) is 2.09. The predicted molar refractivity (Wildman–Crippen MR) is 155 cm³/mol. The van der Waals surface area contributed by atoms with Gasteiger partial charge < -0.3 is 24.7 Å². The number of Topliss-reactive ketones (excluding diaryl/α,β-unsaturated/α-hetero) is 1. The number of methoxy groups -OCH3 is 2. The molecule has 4 aromatic rings. The number of para-hydroxylation sites is 2. The number of benzene rings is 3. The summed E-state index contributed by atoms with van der Waals surface area (Å²) in [6, 6.07) is 18.6. The normalized spacial score (nSPS) is 15.4. The molecular weight excluding hydrogens is 546 g/mol. The third-order valence-corrected chi connectivity index (χ3v) is 7.42. The Bertz CT molecular complexity index is 1610. The number of amides is 1. The molecule has 5 rings (SSSR count). The van der Waals surface area contributed by atoms with Gasteiger partial charge in [-0.3, -0.25) is 18.1 Å². The van der Waals surface area contributed by atoms with Crippen LogP contribution in [0.15, 0.2) is 66.7 Å². The van der Waals surface area contributed by atoms with Crippen LogP contribution >= 0.6 is 0 Å². The summed E-state index contributed by atoms with van der Waals surface area (Å²) in [6.45, 7) is 0. The predicted octanol–water partition coefficient (Wildman–Crippen LogP) is 5.02. The van der Waals surface area contributed by atoms with Crippen LogP contribution in [0.5, 0.6) is 11.5 Å². The van der Waals surface area contributed by atoms with Gasteiger partial charge in [-0.1, -0.05) is 18.2 Å². The lowest BCUT2D eigenvalue weighted by molar-refractivity contribution is -0.125. The molecular formula is C29H28N5O6S-. The van der Waals surface area contributed by atoms with E-state index in [-0.39, 0.29) is 41.4 Å². The number of fused-ring (bicyclic) bond motifs is 1. The van der Waals surface area contributed by atoms with Gasteiger partial charge >= 0.3 is 0 Å². The number of nitrogens with zero attached hydrogens (tertiary/aromatic N) is 3. The van der Waals surface area contributed by atoms with Crippen LogP contribution in [0.2, 0.25) is 0 Å². The quantitative estimate of drug-likeness (QED) is 0.249. The Morgan fingerprint density at radius 3 is 2.34 bits per heavy atom. The third-order valence-electron chi connectivity index (χ3n) is 6.74. The zero-order chi connectivity index (χ0) is 28.9. The average molecular weight is 575 g/mol. The van der Waals surface area contributed by atoms with Crippen molar-refractivity contribution in [2.75, 3.05) is 29.2 Å². The molecule has 2 atom stereocenters. The van der Waals surface area contributed by atoms with Crippen molar-refractivity contribution >= 4 is 62.7 Å². The number of hydrogen-bond acceptors (Lipinski definition) is 9. The molecule has 1 saturated carbocycles. The molecule has 1 aliphatic rings. The molecule has 3 aromatic carbocycles. The molecule has 11 nitrogen and oxygen atoms in total. The Hall–Kier alpha value is -4.55. The van der Waals surface area contributed by atoms with Crippen molar-refractivity contribution in [2.45, 2.75) is 25.7 Å². The first-order valence-electron chi connectivity index (χ1n) is 12.9. The minimum atomic E-state index is -2.82. The molecule has 12 heteroatoms. The van der Waals surface area contributed by atoms with Gasteiger partial charge in [0.25, 0.3) is 0 Å². The number of anilines is 5. The van der Waals surface area contributed by atoms with Gasteiger partial charge in [-0.25, -0.2) is 9.97 Å². The van der Waals surface area contributed by atoms with Crippen LogP contribution in [-0.4, -0.2) is 44.6 Å². The minimum Gasteiger partial charge on any atom is -0.755 e. The maximum Gasteiger partial charge on any atom is 0.225 e. The van der Waals surface area contributed by atoms with Crippen molar-refractivity contribution in [3.05, 3.63) is 66.7 Å². The second-order valence-electron chi connectivity index (χ2n) is 9.48. The van der Waals surface area contributed by atoms with Crippen molar-refractivity contribution < 1.29 is 27.8 Å². The first-order valence-corrected chi connectivity index (χ1v) is 14.0. The van der Waals surface area contributed by atoms with E-state index in [1.807, 2.05) is 6.07 Å².